The Balaban J connectivity index is 3.15. The van der Waals surface area contributed by atoms with Gasteiger partial charge in [0.2, 0.25) is 5.69 Å². The van der Waals surface area contributed by atoms with Crippen molar-refractivity contribution in [3.05, 3.63) is 27.9 Å². The lowest BCUT2D eigenvalue weighted by atomic mass is 9.99. The fourth-order valence-corrected chi connectivity index (χ4v) is 1.33. The molecule has 0 saturated carbocycles. The molecule has 0 aliphatic heterocycles. The van der Waals surface area contributed by atoms with Gasteiger partial charge >= 0.3 is 11.7 Å². The number of hydrogen-bond acceptors (Lipinski definition) is 6. The minimum absolute atomic E-state index is 0.105. The maximum Gasteiger partial charge on any atom is 0.329 e. The Hall–Kier alpha value is -2.69. The van der Waals surface area contributed by atoms with Crippen molar-refractivity contribution in [2.24, 2.45) is 0 Å². The van der Waals surface area contributed by atoms with Crippen molar-refractivity contribution in [2.45, 2.75) is 25.8 Å². The monoisotopic (exact) mass is 264 g/mol. The van der Waals surface area contributed by atoms with Crippen molar-refractivity contribution in [2.75, 3.05) is 5.32 Å². The van der Waals surface area contributed by atoms with Gasteiger partial charge in [-0.15, -0.1) is 0 Å². The molecular formula is C11H12N4O4. The van der Waals surface area contributed by atoms with Gasteiger partial charge in [0, 0.05) is 6.07 Å². The van der Waals surface area contributed by atoms with Gasteiger partial charge in [-0.05, 0) is 19.4 Å². The lowest BCUT2D eigenvalue weighted by Gasteiger charge is -2.25. The van der Waals surface area contributed by atoms with E-state index in [9.17, 15) is 14.9 Å². The summed E-state index contributed by atoms with van der Waals surface area (Å²) in [4.78, 5) is 24.8. The standard InChI is InChI=1S/C11H12N4O4/c1-3-11(2,10(16)17)14-9-5-4-8(15(18)19)7(6-12)13-9/h4-5H,3H2,1-2H3,(H,13,14)(H,16,17). The molecule has 0 aliphatic carbocycles. The summed E-state index contributed by atoms with van der Waals surface area (Å²) in [6, 6.07) is 4.00. The lowest BCUT2D eigenvalue weighted by Crippen LogP contribution is -2.42. The van der Waals surface area contributed by atoms with E-state index in [1.165, 1.54) is 13.0 Å². The molecule has 100 valence electrons. The van der Waals surface area contributed by atoms with Gasteiger partial charge in [-0.1, -0.05) is 6.92 Å². The van der Waals surface area contributed by atoms with E-state index in [-0.39, 0.29) is 17.9 Å². The molecule has 0 bridgehead atoms. The van der Waals surface area contributed by atoms with E-state index in [4.69, 9.17) is 10.4 Å². The Bertz CT molecular complexity index is 566. The highest BCUT2D eigenvalue weighted by molar-refractivity contribution is 5.81. The summed E-state index contributed by atoms with van der Waals surface area (Å²) < 4.78 is 0. The SMILES string of the molecule is CCC(C)(Nc1ccc([N+](=O)[O-])c(C#N)n1)C(=O)O. The van der Waals surface area contributed by atoms with Crippen molar-refractivity contribution in [3.8, 4) is 6.07 Å². The van der Waals surface area contributed by atoms with Crippen LogP contribution in [0.5, 0.6) is 0 Å². The van der Waals surface area contributed by atoms with Crippen molar-refractivity contribution in [1.29, 1.82) is 5.26 Å². The number of carboxylic acids is 1. The molecule has 19 heavy (non-hydrogen) atoms. The molecule has 1 rings (SSSR count). The third kappa shape index (κ3) is 2.95. The number of aliphatic carboxylic acids is 1. The van der Waals surface area contributed by atoms with E-state index in [1.54, 1.807) is 13.0 Å². The van der Waals surface area contributed by atoms with Crippen LogP contribution in [0, 0.1) is 21.4 Å². The van der Waals surface area contributed by atoms with Crippen LogP contribution in [-0.2, 0) is 4.79 Å². The fraction of sp³-hybridized carbons (Fsp3) is 0.364. The van der Waals surface area contributed by atoms with E-state index in [0.717, 1.165) is 6.07 Å². The van der Waals surface area contributed by atoms with Gasteiger partial charge in [0.15, 0.2) is 0 Å². The van der Waals surface area contributed by atoms with Crippen molar-refractivity contribution in [1.82, 2.24) is 4.98 Å². The number of anilines is 1. The molecule has 0 saturated heterocycles. The van der Waals surface area contributed by atoms with Gasteiger partial charge in [0.05, 0.1) is 4.92 Å². The summed E-state index contributed by atoms with van der Waals surface area (Å²) in [5, 5.41) is 31.2. The molecule has 8 heteroatoms. The highest BCUT2D eigenvalue weighted by atomic mass is 16.6. The number of nitrogens with zero attached hydrogens (tertiary/aromatic N) is 3. The molecule has 1 atom stereocenters. The average molecular weight is 264 g/mol. The van der Waals surface area contributed by atoms with Crippen LogP contribution in [0.4, 0.5) is 11.5 Å². The van der Waals surface area contributed by atoms with Crippen LogP contribution in [0.1, 0.15) is 26.0 Å². The van der Waals surface area contributed by atoms with Crippen LogP contribution < -0.4 is 5.32 Å². The first-order valence-electron chi connectivity index (χ1n) is 5.41. The van der Waals surface area contributed by atoms with E-state index < -0.39 is 22.1 Å². The summed E-state index contributed by atoms with van der Waals surface area (Å²) >= 11 is 0. The second-order valence-corrected chi connectivity index (χ2v) is 4.05. The van der Waals surface area contributed by atoms with Crippen LogP contribution in [0.15, 0.2) is 12.1 Å². The summed E-state index contributed by atoms with van der Waals surface area (Å²) in [6.45, 7) is 3.14. The number of nitriles is 1. The molecule has 0 fully saturated rings. The minimum Gasteiger partial charge on any atom is -0.480 e. The molecule has 8 nitrogen and oxygen atoms in total. The Morgan fingerprint density at radius 2 is 2.32 bits per heavy atom. The molecule has 1 heterocycles. The van der Waals surface area contributed by atoms with E-state index >= 15 is 0 Å². The molecule has 0 radical (unpaired) electrons. The zero-order chi connectivity index (χ0) is 14.6. The first-order valence-corrected chi connectivity index (χ1v) is 5.41. The van der Waals surface area contributed by atoms with Gasteiger partial charge in [0.1, 0.15) is 17.4 Å². The first-order chi connectivity index (χ1) is 8.84. The molecule has 2 N–H and O–H groups in total. The van der Waals surface area contributed by atoms with Crippen molar-refractivity contribution in [3.63, 3.8) is 0 Å². The van der Waals surface area contributed by atoms with Gasteiger partial charge in [0.25, 0.3) is 0 Å². The molecule has 0 aliphatic rings. The number of nitrogens with one attached hydrogen (secondary N) is 1. The smallest absolute Gasteiger partial charge is 0.329 e. The number of carbonyl (C=O) groups is 1. The largest absolute Gasteiger partial charge is 0.480 e. The maximum atomic E-state index is 11.1. The van der Waals surface area contributed by atoms with E-state index in [0.29, 0.717) is 0 Å². The number of nitro groups is 1. The van der Waals surface area contributed by atoms with Crippen molar-refractivity contribution < 1.29 is 14.8 Å². The third-order valence-corrected chi connectivity index (χ3v) is 2.76. The van der Waals surface area contributed by atoms with E-state index in [2.05, 4.69) is 10.3 Å². The van der Waals surface area contributed by atoms with Gasteiger partial charge in [-0.25, -0.2) is 9.78 Å². The Labute approximate surface area is 108 Å². The van der Waals surface area contributed by atoms with Gasteiger partial charge in [-0.3, -0.25) is 10.1 Å². The molecule has 1 unspecified atom stereocenters. The van der Waals surface area contributed by atoms with Crippen LogP contribution >= 0.6 is 0 Å². The Morgan fingerprint density at radius 3 is 2.74 bits per heavy atom. The first kappa shape index (κ1) is 14.4. The topological polar surface area (TPSA) is 129 Å². The summed E-state index contributed by atoms with van der Waals surface area (Å²) in [6.07, 6.45) is 0.281. The number of rotatable bonds is 5. The molecule has 0 amide bonds. The summed E-state index contributed by atoms with van der Waals surface area (Å²) in [7, 11) is 0. The lowest BCUT2D eigenvalue weighted by molar-refractivity contribution is -0.385. The fourth-order valence-electron chi connectivity index (χ4n) is 1.33. The molecule has 0 aromatic carbocycles. The Morgan fingerprint density at radius 1 is 1.68 bits per heavy atom. The molecule has 1 aromatic rings. The maximum absolute atomic E-state index is 11.1. The second-order valence-electron chi connectivity index (χ2n) is 4.05. The normalized spacial score (nSPS) is 13.1. The van der Waals surface area contributed by atoms with Crippen LogP contribution in [-0.4, -0.2) is 26.5 Å². The Kier molecular flexibility index (Phi) is 4.01. The molecule has 0 spiro atoms. The van der Waals surface area contributed by atoms with Gasteiger partial charge in [-0.2, -0.15) is 5.26 Å². The summed E-state index contributed by atoms with van der Waals surface area (Å²) in [5.41, 5.74) is -2.03. The van der Waals surface area contributed by atoms with Crippen molar-refractivity contribution >= 4 is 17.5 Å². The van der Waals surface area contributed by atoms with Gasteiger partial charge < -0.3 is 10.4 Å². The average Bonchev–Trinajstić information content (AvgIpc) is 2.37. The highest BCUT2D eigenvalue weighted by Gasteiger charge is 2.31. The van der Waals surface area contributed by atoms with Crippen LogP contribution in [0.25, 0.3) is 0 Å². The van der Waals surface area contributed by atoms with Crippen LogP contribution in [0.2, 0.25) is 0 Å². The zero-order valence-corrected chi connectivity index (χ0v) is 10.4. The third-order valence-electron chi connectivity index (χ3n) is 2.76. The van der Waals surface area contributed by atoms with Crippen LogP contribution in [0.3, 0.4) is 0 Å². The summed E-state index contributed by atoms with van der Waals surface area (Å²) in [5.74, 6) is -0.970. The zero-order valence-electron chi connectivity index (χ0n) is 10.4. The number of carboxylic acid groups (broad SMARTS) is 1. The predicted octanol–water partition coefficient (Wildman–Crippen LogP) is 1.53. The quantitative estimate of drug-likeness (QED) is 0.609. The van der Waals surface area contributed by atoms with E-state index in [1.807, 2.05) is 0 Å². The second kappa shape index (κ2) is 5.30. The highest BCUT2D eigenvalue weighted by Crippen LogP contribution is 2.22. The molecule has 1 aromatic heterocycles. The predicted molar refractivity (Wildman–Crippen MR) is 65.6 cm³/mol. The number of pyridine rings is 1. The number of aromatic nitrogens is 1. The molecular weight excluding hydrogens is 252 g/mol. The number of hydrogen-bond donors (Lipinski definition) is 2. The minimum atomic E-state index is -1.25.